The molecule has 0 amide bonds. The monoisotopic (exact) mass is 244 g/mol. The van der Waals surface area contributed by atoms with E-state index in [4.69, 9.17) is 4.42 Å². The lowest BCUT2D eigenvalue weighted by Crippen LogP contribution is -2.02. The molecule has 0 atom stereocenters. The van der Waals surface area contributed by atoms with E-state index in [-0.39, 0.29) is 0 Å². The van der Waals surface area contributed by atoms with Crippen molar-refractivity contribution in [1.29, 1.82) is 0 Å². The summed E-state index contributed by atoms with van der Waals surface area (Å²) in [5, 5.41) is 6.19. The Morgan fingerprint density at radius 3 is 2.21 bits per heavy atom. The number of fused-ring (bicyclic) bond motifs is 3. The standard InChI is InChI=1S/C17H9NO/c1-4-10-11-6-3-9-18-17(11)12-5-2-8-14-16(12)15(10)13(7-1)19-14/h1-9H/p+1. The highest BCUT2D eigenvalue weighted by molar-refractivity contribution is 6.31. The fourth-order valence-electron chi connectivity index (χ4n) is 3.18. The zero-order chi connectivity index (χ0) is 12.4. The van der Waals surface area contributed by atoms with Crippen molar-refractivity contribution in [2.24, 2.45) is 0 Å². The number of aromatic amines is 1. The Labute approximate surface area is 108 Å². The number of benzene rings is 3. The maximum absolute atomic E-state index is 5.97. The maximum atomic E-state index is 5.97. The minimum absolute atomic E-state index is 0.961. The van der Waals surface area contributed by atoms with Crippen molar-refractivity contribution in [3.8, 4) is 0 Å². The van der Waals surface area contributed by atoms with Crippen molar-refractivity contribution < 1.29 is 9.40 Å². The normalized spacial score (nSPS) is 12.2. The molecule has 0 radical (unpaired) electrons. The summed E-state index contributed by atoms with van der Waals surface area (Å²) in [7, 11) is 0. The lowest BCUT2D eigenvalue weighted by atomic mass is 9.97. The predicted molar refractivity (Wildman–Crippen MR) is 76.5 cm³/mol. The van der Waals surface area contributed by atoms with E-state index in [9.17, 15) is 0 Å². The highest BCUT2D eigenvalue weighted by Gasteiger charge is 2.18. The van der Waals surface area contributed by atoms with Gasteiger partial charge < -0.3 is 4.42 Å². The number of nitrogens with one attached hydrogen (secondary N) is 1. The molecule has 0 fully saturated rings. The minimum Gasteiger partial charge on any atom is -0.456 e. The molecule has 0 aliphatic carbocycles. The van der Waals surface area contributed by atoms with Crippen LogP contribution >= 0.6 is 0 Å². The molecule has 5 rings (SSSR count). The molecule has 5 aromatic rings. The molecule has 2 heterocycles. The van der Waals surface area contributed by atoms with Gasteiger partial charge in [0.15, 0.2) is 6.20 Å². The van der Waals surface area contributed by atoms with Gasteiger partial charge in [0.1, 0.15) is 11.2 Å². The third-order valence-electron chi connectivity index (χ3n) is 3.94. The lowest BCUT2D eigenvalue weighted by Gasteiger charge is -2.02. The van der Waals surface area contributed by atoms with Gasteiger partial charge in [0.05, 0.1) is 10.8 Å². The van der Waals surface area contributed by atoms with Gasteiger partial charge in [0, 0.05) is 22.2 Å². The Bertz CT molecular complexity index is 974. The fraction of sp³-hybridized carbons (Fsp3) is 0. The summed E-state index contributed by atoms with van der Waals surface area (Å²) in [5.74, 6) is 0. The van der Waals surface area contributed by atoms with E-state index in [2.05, 4.69) is 35.3 Å². The van der Waals surface area contributed by atoms with Gasteiger partial charge in [-0.3, -0.25) is 0 Å². The molecule has 0 saturated heterocycles. The van der Waals surface area contributed by atoms with Crippen molar-refractivity contribution in [3.63, 3.8) is 0 Å². The molecule has 1 N–H and O–H groups in total. The van der Waals surface area contributed by atoms with Crippen LogP contribution in [0.3, 0.4) is 0 Å². The Kier molecular flexibility index (Phi) is 1.49. The minimum atomic E-state index is 0.961. The first kappa shape index (κ1) is 9.34. The number of H-pyrrole nitrogens is 1. The van der Waals surface area contributed by atoms with Gasteiger partial charge in [-0.25, -0.2) is 4.98 Å². The molecule has 0 spiro atoms. The van der Waals surface area contributed by atoms with Crippen LogP contribution in [0.15, 0.2) is 59.1 Å². The van der Waals surface area contributed by atoms with Gasteiger partial charge in [0.25, 0.3) is 0 Å². The third kappa shape index (κ3) is 1.01. The zero-order valence-corrected chi connectivity index (χ0v) is 10.1. The molecule has 3 aromatic carbocycles. The summed E-state index contributed by atoms with van der Waals surface area (Å²) in [4.78, 5) is 3.38. The van der Waals surface area contributed by atoms with Gasteiger partial charge in [-0.2, -0.15) is 0 Å². The molecule has 2 aromatic heterocycles. The number of rotatable bonds is 0. The molecule has 88 valence electrons. The second-order valence-electron chi connectivity index (χ2n) is 4.92. The average Bonchev–Trinajstić information content (AvgIpc) is 2.86. The van der Waals surface area contributed by atoms with Crippen LogP contribution in [0.1, 0.15) is 0 Å². The van der Waals surface area contributed by atoms with Gasteiger partial charge in [-0.1, -0.05) is 18.2 Å². The van der Waals surface area contributed by atoms with Crippen LogP contribution in [0.4, 0.5) is 0 Å². The Morgan fingerprint density at radius 1 is 0.684 bits per heavy atom. The predicted octanol–water partition coefficient (Wildman–Crippen LogP) is 4.14. The Morgan fingerprint density at radius 2 is 1.37 bits per heavy atom. The molecule has 2 heteroatoms. The fourth-order valence-corrected chi connectivity index (χ4v) is 3.18. The summed E-state index contributed by atoms with van der Waals surface area (Å²) in [6.45, 7) is 0. The largest absolute Gasteiger partial charge is 0.456 e. The lowest BCUT2D eigenvalue weighted by molar-refractivity contribution is -0.343. The first-order valence-electron chi connectivity index (χ1n) is 6.39. The zero-order valence-electron chi connectivity index (χ0n) is 10.1. The van der Waals surface area contributed by atoms with E-state index in [1.165, 1.54) is 32.4 Å². The van der Waals surface area contributed by atoms with Crippen LogP contribution in [0.25, 0.3) is 43.6 Å². The van der Waals surface area contributed by atoms with Crippen molar-refractivity contribution in [2.45, 2.75) is 0 Å². The van der Waals surface area contributed by atoms with E-state index in [1.54, 1.807) is 0 Å². The Hall–Kier alpha value is -2.61. The van der Waals surface area contributed by atoms with Crippen molar-refractivity contribution in [2.75, 3.05) is 0 Å². The number of hydrogen-bond acceptors (Lipinski definition) is 1. The first-order chi connectivity index (χ1) is 9.43. The van der Waals surface area contributed by atoms with E-state index in [0.717, 1.165) is 11.2 Å². The molecular formula is C17H10NO+. The van der Waals surface area contributed by atoms with Crippen molar-refractivity contribution >= 4 is 43.6 Å². The summed E-state index contributed by atoms with van der Waals surface area (Å²) in [5.41, 5.74) is 3.10. The third-order valence-corrected chi connectivity index (χ3v) is 3.94. The second kappa shape index (κ2) is 3.04. The molecule has 0 aliphatic heterocycles. The van der Waals surface area contributed by atoms with Crippen LogP contribution in [-0.4, -0.2) is 0 Å². The van der Waals surface area contributed by atoms with Gasteiger partial charge in [-0.05, 0) is 24.3 Å². The molecule has 2 nitrogen and oxygen atoms in total. The topological polar surface area (TPSA) is 27.3 Å². The van der Waals surface area contributed by atoms with Crippen LogP contribution in [-0.2, 0) is 0 Å². The second-order valence-corrected chi connectivity index (χ2v) is 4.92. The summed E-state index contributed by atoms with van der Waals surface area (Å²) >= 11 is 0. The number of pyridine rings is 1. The SMILES string of the molecule is c1c[nH+]c2c(c1)c1cccc3oc4cccc2c4c31. The molecule has 19 heavy (non-hydrogen) atoms. The number of furan rings is 1. The van der Waals surface area contributed by atoms with E-state index in [1.807, 2.05) is 24.4 Å². The van der Waals surface area contributed by atoms with Crippen LogP contribution < -0.4 is 4.98 Å². The number of hydrogen-bond donors (Lipinski definition) is 0. The van der Waals surface area contributed by atoms with Gasteiger partial charge >= 0.3 is 0 Å². The average molecular weight is 244 g/mol. The van der Waals surface area contributed by atoms with Crippen LogP contribution in [0.5, 0.6) is 0 Å². The highest BCUT2D eigenvalue weighted by Crippen LogP contribution is 2.40. The van der Waals surface area contributed by atoms with Gasteiger partial charge in [-0.15, -0.1) is 0 Å². The Balaban J connectivity index is 2.34. The highest BCUT2D eigenvalue weighted by atomic mass is 16.3. The van der Waals surface area contributed by atoms with E-state index < -0.39 is 0 Å². The van der Waals surface area contributed by atoms with Crippen molar-refractivity contribution in [1.82, 2.24) is 0 Å². The van der Waals surface area contributed by atoms with E-state index in [0.29, 0.717) is 0 Å². The summed E-state index contributed by atoms with van der Waals surface area (Å²) < 4.78 is 5.97. The molecule has 0 aliphatic rings. The summed E-state index contributed by atoms with van der Waals surface area (Å²) in [6, 6.07) is 16.7. The maximum Gasteiger partial charge on any atom is 0.219 e. The van der Waals surface area contributed by atoms with Crippen molar-refractivity contribution in [3.05, 3.63) is 54.7 Å². The molecular weight excluding hydrogens is 234 g/mol. The van der Waals surface area contributed by atoms with E-state index >= 15 is 0 Å². The van der Waals surface area contributed by atoms with Crippen LogP contribution in [0, 0.1) is 0 Å². The summed E-state index contributed by atoms with van der Waals surface area (Å²) in [6.07, 6.45) is 1.98. The first-order valence-corrected chi connectivity index (χ1v) is 6.39. The van der Waals surface area contributed by atoms with Gasteiger partial charge in [0.2, 0.25) is 5.52 Å². The quantitative estimate of drug-likeness (QED) is 0.376. The molecule has 0 unspecified atom stereocenters. The smallest absolute Gasteiger partial charge is 0.219 e. The molecule has 0 bridgehead atoms. The molecule has 0 saturated carbocycles. The van der Waals surface area contributed by atoms with Crippen LogP contribution in [0.2, 0.25) is 0 Å². The number of aromatic nitrogens is 1.